The van der Waals surface area contributed by atoms with Crippen LogP contribution in [0.3, 0.4) is 0 Å². The molecule has 0 saturated heterocycles. The highest BCUT2D eigenvalue weighted by Crippen LogP contribution is 2.23. The maximum Gasteiger partial charge on any atom is 0.0658 e. The number of rotatable bonds is 7. The predicted octanol–water partition coefficient (Wildman–Crippen LogP) is 2.53. The van der Waals surface area contributed by atoms with E-state index in [1.165, 1.54) is 0 Å². The van der Waals surface area contributed by atoms with Crippen LogP contribution in [0.5, 0.6) is 0 Å². The summed E-state index contributed by atoms with van der Waals surface area (Å²) in [5.74, 6) is 0. The van der Waals surface area contributed by atoms with E-state index < -0.39 is 0 Å². The van der Waals surface area contributed by atoms with Gasteiger partial charge in [-0.05, 0) is 25.1 Å². The van der Waals surface area contributed by atoms with E-state index in [9.17, 15) is 0 Å². The first kappa shape index (κ1) is 15.4. The first-order chi connectivity index (χ1) is 8.59. The zero-order chi connectivity index (χ0) is 13.6. The Hall–Kier alpha value is -0.610. The molecule has 4 heteroatoms. The van der Waals surface area contributed by atoms with Gasteiger partial charge in [-0.1, -0.05) is 36.7 Å². The van der Waals surface area contributed by atoms with Gasteiger partial charge in [0.05, 0.1) is 12.1 Å². The summed E-state index contributed by atoms with van der Waals surface area (Å²) in [5, 5.41) is 0.795. The van der Waals surface area contributed by atoms with Gasteiger partial charge in [-0.25, -0.2) is 0 Å². The van der Waals surface area contributed by atoms with Gasteiger partial charge in [0, 0.05) is 25.2 Å². The molecule has 0 fully saturated rings. The van der Waals surface area contributed by atoms with Gasteiger partial charge in [0.15, 0.2) is 0 Å². The van der Waals surface area contributed by atoms with Crippen molar-refractivity contribution in [3.8, 4) is 0 Å². The Bertz CT molecular complexity index is 367. The molecule has 1 rings (SSSR count). The quantitative estimate of drug-likeness (QED) is 0.827. The number of hydrogen-bond donors (Lipinski definition) is 1. The first-order valence-electron chi connectivity index (χ1n) is 6.23. The molecule has 0 bridgehead atoms. The molecule has 0 aliphatic carbocycles. The SMILES string of the molecule is CCC(CN)(COC)N(C)Cc1ccccc1Cl. The smallest absolute Gasteiger partial charge is 0.0658 e. The fraction of sp³-hybridized carbons (Fsp3) is 0.571. The average Bonchev–Trinajstić information content (AvgIpc) is 2.38. The van der Waals surface area contributed by atoms with Crippen LogP contribution in [0.1, 0.15) is 18.9 Å². The third-order valence-corrected chi connectivity index (χ3v) is 3.99. The van der Waals surface area contributed by atoms with Crippen molar-refractivity contribution in [1.29, 1.82) is 0 Å². The van der Waals surface area contributed by atoms with Gasteiger partial charge < -0.3 is 10.5 Å². The van der Waals surface area contributed by atoms with Gasteiger partial charge in [0.25, 0.3) is 0 Å². The molecule has 1 unspecified atom stereocenters. The first-order valence-corrected chi connectivity index (χ1v) is 6.61. The molecule has 1 atom stereocenters. The number of hydrogen-bond acceptors (Lipinski definition) is 3. The van der Waals surface area contributed by atoms with E-state index in [-0.39, 0.29) is 5.54 Å². The number of ether oxygens (including phenoxy) is 1. The molecule has 0 radical (unpaired) electrons. The number of methoxy groups -OCH3 is 1. The van der Waals surface area contributed by atoms with Crippen LogP contribution in [-0.2, 0) is 11.3 Å². The molecule has 0 saturated carbocycles. The van der Waals surface area contributed by atoms with Crippen molar-refractivity contribution in [2.24, 2.45) is 5.73 Å². The van der Waals surface area contributed by atoms with Gasteiger partial charge >= 0.3 is 0 Å². The maximum atomic E-state index is 6.19. The highest BCUT2D eigenvalue weighted by atomic mass is 35.5. The lowest BCUT2D eigenvalue weighted by Gasteiger charge is -2.40. The third kappa shape index (κ3) is 3.45. The minimum atomic E-state index is -0.131. The standard InChI is InChI=1S/C14H23ClN2O/c1-4-14(10-16,11-18-3)17(2)9-12-7-5-6-8-13(12)15/h5-8H,4,9-11,16H2,1-3H3. The fourth-order valence-electron chi connectivity index (χ4n) is 2.16. The second-order valence-electron chi connectivity index (χ2n) is 4.66. The summed E-state index contributed by atoms with van der Waals surface area (Å²) >= 11 is 6.19. The molecule has 18 heavy (non-hydrogen) atoms. The molecule has 102 valence electrons. The molecule has 1 aromatic carbocycles. The van der Waals surface area contributed by atoms with Crippen molar-refractivity contribution in [2.75, 3.05) is 27.3 Å². The number of nitrogens with two attached hydrogens (primary N) is 1. The average molecular weight is 271 g/mol. The maximum absolute atomic E-state index is 6.19. The van der Waals surface area contributed by atoms with E-state index in [1.54, 1.807) is 7.11 Å². The van der Waals surface area contributed by atoms with Crippen molar-refractivity contribution >= 4 is 11.6 Å². The third-order valence-electron chi connectivity index (χ3n) is 3.63. The molecule has 0 aromatic heterocycles. The van der Waals surface area contributed by atoms with Crippen LogP contribution in [-0.4, -0.2) is 37.7 Å². The Labute approximate surface area is 115 Å². The molecular formula is C14H23ClN2O. The normalized spacial score (nSPS) is 14.8. The van der Waals surface area contributed by atoms with E-state index in [2.05, 4.69) is 18.9 Å². The van der Waals surface area contributed by atoms with Gasteiger partial charge in [0.2, 0.25) is 0 Å². The summed E-state index contributed by atoms with van der Waals surface area (Å²) < 4.78 is 5.32. The lowest BCUT2D eigenvalue weighted by Crippen LogP contribution is -2.54. The molecule has 0 heterocycles. The Morgan fingerprint density at radius 2 is 2.06 bits per heavy atom. The Morgan fingerprint density at radius 3 is 2.56 bits per heavy atom. The summed E-state index contributed by atoms with van der Waals surface area (Å²) in [5.41, 5.74) is 6.93. The zero-order valence-electron chi connectivity index (χ0n) is 11.4. The van der Waals surface area contributed by atoms with Crippen molar-refractivity contribution in [1.82, 2.24) is 4.90 Å². The van der Waals surface area contributed by atoms with E-state index in [1.807, 2.05) is 24.3 Å². The van der Waals surface area contributed by atoms with E-state index in [4.69, 9.17) is 22.1 Å². The van der Waals surface area contributed by atoms with Gasteiger partial charge in [-0.3, -0.25) is 4.90 Å². The summed E-state index contributed by atoms with van der Waals surface area (Å²) in [6.45, 7) is 4.10. The van der Waals surface area contributed by atoms with Crippen molar-refractivity contribution in [2.45, 2.75) is 25.4 Å². The number of benzene rings is 1. The summed E-state index contributed by atoms with van der Waals surface area (Å²) in [6.07, 6.45) is 0.943. The molecule has 2 N–H and O–H groups in total. The van der Waals surface area contributed by atoms with Gasteiger partial charge in [-0.15, -0.1) is 0 Å². The second-order valence-corrected chi connectivity index (χ2v) is 5.07. The number of likely N-dealkylation sites (N-methyl/N-ethyl adjacent to an activating group) is 1. The van der Waals surface area contributed by atoms with Crippen molar-refractivity contribution < 1.29 is 4.74 Å². The van der Waals surface area contributed by atoms with Crippen LogP contribution in [0, 0.1) is 0 Å². The Balaban J connectivity index is 2.85. The fourth-order valence-corrected chi connectivity index (χ4v) is 2.36. The number of nitrogens with zero attached hydrogens (tertiary/aromatic N) is 1. The number of halogens is 1. The molecule has 0 aliphatic heterocycles. The Morgan fingerprint density at radius 1 is 1.39 bits per heavy atom. The molecule has 1 aromatic rings. The lowest BCUT2D eigenvalue weighted by atomic mass is 9.94. The topological polar surface area (TPSA) is 38.5 Å². The molecule has 3 nitrogen and oxygen atoms in total. The molecule has 0 spiro atoms. The van der Waals surface area contributed by atoms with Crippen LogP contribution < -0.4 is 5.73 Å². The largest absolute Gasteiger partial charge is 0.383 e. The zero-order valence-corrected chi connectivity index (χ0v) is 12.2. The highest BCUT2D eigenvalue weighted by molar-refractivity contribution is 6.31. The van der Waals surface area contributed by atoms with Gasteiger partial charge in [0.1, 0.15) is 0 Å². The molecule has 0 aliphatic rings. The molecular weight excluding hydrogens is 248 g/mol. The van der Waals surface area contributed by atoms with Crippen LogP contribution in [0.15, 0.2) is 24.3 Å². The predicted molar refractivity (Wildman–Crippen MR) is 76.9 cm³/mol. The Kier molecular flexibility index (Phi) is 6.09. The highest BCUT2D eigenvalue weighted by Gasteiger charge is 2.31. The summed E-state index contributed by atoms with van der Waals surface area (Å²) in [6, 6.07) is 7.90. The summed E-state index contributed by atoms with van der Waals surface area (Å²) in [7, 11) is 3.78. The van der Waals surface area contributed by atoms with Gasteiger partial charge in [-0.2, -0.15) is 0 Å². The van der Waals surface area contributed by atoms with Crippen LogP contribution in [0.25, 0.3) is 0 Å². The van der Waals surface area contributed by atoms with Crippen molar-refractivity contribution in [3.05, 3.63) is 34.9 Å². The van der Waals surface area contributed by atoms with Crippen LogP contribution in [0.4, 0.5) is 0 Å². The lowest BCUT2D eigenvalue weighted by molar-refractivity contribution is 0.0234. The van der Waals surface area contributed by atoms with Crippen LogP contribution in [0.2, 0.25) is 5.02 Å². The van der Waals surface area contributed by atoms with Crippen LogP contribution >= 0.6 is 11.6 Å². The minimum absolute atomic E-state index is 0.131. The van der Waals surface area contributed by atoms with E-state index >= 15 is 0 Å². The molecule has 0 amide bonds. The van der Waals surface area contributed by atoms with E-state index in [0.717, 1.165) is 23.6 Å². The second kappa shape index (κ2) is 7.10. The van der Waals surface area contributed by atoms with Crippen molar-refractivity contribution in [3.63, 3.8) is 0 Å². The monoisotopic (exact) mass is 270 g/mol. The summed E-state index contributed by atoms with van der Waals surface area (Å²) in [4.78, 5) is 2.23. The van der Waals surface area contributed by atoms with E-state index in [0.29, 0.717) is 13.2 Å². The minimum Gasteiger partial charge on any atom is -0.383 e.